The maximum absolute atomic E-state index is 5.19. The summed E-state index contributed by atoms with van der Waals surface area (Å²) in [7, 11) is 0. The van der Waals surface area contributed by atoms with Gasteiger partial charge in [0.05, 0.1) is 0 Å². The Balaban J connectivity index is 2.63. The monoisotopic (exact) mass is 159 g/mol. The molecule has 0 saturated carbocycles. The van der Waals surface area contributed by atoms with Crippen LogP contribution in [0, 0.1) is 0 Å². The van der Waals surface area contributed by atoms with Crippen molar-refractivity contribution in [2.75, 3.05) is 12.3 Å². The Hall–Kier alpha value is -0.380. The molecule has 2 N–H and O–H groups in total. The number of nitrogens with two attached hydrogens (primary N) is 1. The van der Waals surface area contributed by atoms with Gasteiger partial charge in [0.25, 0.3) is 0 Å². The Morgan fingerprint density at radius 2 is 2.60 bits per heavy atom. The number of thioether (sulfide) groups is 1. The van der Waals surface area contributed by atoms with Crippen molar-refractivity contribution >= 4 is 16.9 Å². The molecule has 0 aromatic carbocycles. The largest absolute Gasteiger partial charge is 0.347 e. The van der Waals surface area contributed by atoms with E-state index in [1.165, 1.54) is 0 Å². The van der Waals surface area contributed by atoms with Gasteiger partial charge in [-0.1, -0.05) is 11.8 Å². The van der Waals surface area contributed by atoms with Gasteiger partial charge in [0.1, 0.15) is 0 Å². The van der Waals surface area contributed by atoms with Gasteiger partial charge in [-0.05, 0) is 13.8 Å². The Morgan fingerprint density at radius 1 is 1.90 bits per heavy atom. The van der Waals surface area contributed by atoms with Crippen LogP contribution in [-0.4, -0.2) is 28.4 Å². The summed E-state index contributed by atoms with van der Waals surface area (Å²) >= 11 is 1.73. The standard InChI is InChI=1S/C6H13N3S/c1-3-9-5(2)4-10-6(9)8-7/h5H,3-4,7H2,1-2H3/b8-6-/t5-/m0/s1. The van der Waals surface area contributed by atoms with Crippen molar-refractivity contribution in [1.82, 2.24) is 4.90 Å². The van der Waals surface area contributed by atoms with Crippen LogP contribution in [0.2, 0.25) is 0 Å². The molecule has 0 spiro atoms. The average Bonchev–Trinajstić information content (AvgIpc) is 2.30. The molecular formula is C6H13N3S. The van der Waals surface area contributed by atoms with Crippen LogP contribution in [0.15, 0.2) is 5.10 Å². The van der Waals surface area contributed by atoms with Gasteiger partial charge in [0.15, 0.2) is 5.17 Å². The minimum atomic E-state index is 0.595. The van der Waals surface area contributed by atoms with Gasteiger partial charge >= 0.3 is 0 Å². The molecule has 0 bridgehead atoms. The molecule has 1 rings (SSSR count). The van der Waals surface area contributed by atoms with Crippen molar-refractivity contribution in [1.29, 1.82) is 0 Å². The van der Waals surface area contributed by atoms with Crippen LogP contribution in [0.4, 0.5) is 0 Å². The highest BCUT2D eigenvalue weighted by Gasteiger charge is 2.24. The van der Waals surface area contributed by atoms with Crippen molar-refractivity contribution in [2.45, 2.75) is 19.9 Å². The summed E-state index contributed by atoms with van der Waals surface area (Å²) in [5, 5.41) is 4.68. The van der Waals surface area contributed by atoms with Gasteiger partial charge in [-0.15, -0.1) is 0 Å². The molecule has 0 amide bonds. The average molecular weight is 159 g/mol. The number of hydrogen-bond donors (Lipinski definition) is 1. The molecule has 0 radical (unpaired) electrons. The predicted octanol–water partition coefficient (Wildman–Crippen LogP) is 0.673. The number of amidine groups is 1. The number of hydrazone groups is 1. The molecule has 58 valence electrons. The normalized spacial score (nSPS) is 30.0. The third kappa shape index (κ3) is 1.21. The molecule has 1 fully saturated rings. The van der Waals surface area contributed by atoms with Gasteiger partial charge < -0.3 is 10.7 Å². The second kappa shape index (κ2) is 3.14. The summed E-state index contributed by atoms with van der Waals surface area (Å²) in [5.41, 5.74) is 0. The third-order valence-electron chi connectivity index (χ3n) is 1.68. The van der Waals surface area contributed by atoms with Crippen molar-refractivity contribution in [2.24, 2.45) is 10.9 Å². The molecule has 4 heteroatoms. The maximum Gasteiger partial charge on any atom is 0.183 e. The highest BCUT2D eigenvalue weighted by Crippen LogP contribution is 2.22. The minimum Gasteiger partial charge on any atom is -0.347 e. The Labute approximate surface area is 65.6 Å². The fraction of sp³-hybridized carbons (Fsp3) is 0.833. The summed E-state index contributed by atoms with van der Waals surface area (Å²) in [4.78, 5) is 2.21. The lowest BCUT2D eigenvalue weighted by Gasteiger charge is -2.19. The Kier molecular flexibility index (Phi) is 2.43. The van der Waals surface area contributed by atoms with Crippen LogP contribution in [0.3, 0.4) is 0 Å². The Morgan fingerprint density at radius 3 is 3.00 bits per heavy atom. The van der Waals surface area contributed by atoms with Crippen LogP contribution in [0.5, 0.6) is 0 Å². The predicted molar refractivity (Wildman–Crippen MR) is 45.9 cm³/mol. The summed E-state index contributed by atoms with van der Waals surface area (Å²) < 4.78 is 0. The fourth-order valence-corrected chi connectivity index (χ4v) is 2.23. The molecule has 10 heavy (non-hydrogen) atoms. The van der Waals surface area contributed by atoms with Crippen molar-refractivity contribution in [3.05, 3.63) is 0 Å². The molecule has 0 aromatic heterocycles. The molecule has 1 aliphatic heterocycles. The summed E-state index contributed by atoms with van der Waals surface area (Å²) in [5.74, 6) is 6.30. The zero-order valence-corrected chi connectivity index (χ0v) is 7.19. The van der Waals surface area contributed by atoms with Crippen LogP contribution < -0.4 is 5.84 Å². The second-order valence-corrected chi connectivity index (χ2v) is 3.34. The van der Waals surface area contributed by atoms with E-state index in [0.29, 0.717) is 6.04 Å². The topological polar surface area (TPSA) is 41.6 Å². The van der Waals surface area contributed by atoms with Gasteiger partial charge in [-0.25, -0.2) is 0 Å². The molecule has 3 nitrogen and oxygen atoms in total. The molecule has 0 aromatic rings. The van der Waals surface area contributed by atoms with E-state index < -0.39 is 0 Å². The zero-order chi connectivity index (χ0) is 7.56. The van der Waals surface area contributed by atoms with Gasteiger partial charge in [-0.3, -0.25) is 0 Å². The van der Waals surface area contributed by atoms with E-state index >= 15 is 0 Å². The van der Waals surface area contributed by atoms with Crippen molar-refractivity contribution < 1.29 is 0 Å². The number of rotatable bonds is 1. The molecule has 1 aliphatic rings. The number of nitrogens with zero attached hydrogens (tertiary/aromatic N) is 2. The van der Waals surface area contributed by atoms with Gasteiger partial charge in [0, 0.05) is 18.3 Å². The van der Waals surface area contributed by atoms with Crippen molar-refractivity contribution in [3.63, 3.8) is 0 Å². The molecule has 1 heterocycles. The van der Waals surface area contributed by atoms with Crippen LogP contribution in [0.1, 0.15) is 13.8 Å². The van der Waals surface area contributed by atoms with E-state index in [1.54, 1.807) is 11.8 Å². The second-order valence-electron chi connectivity index (χ2n) is 2.36. The lowest BCUT2D eigenvalue weighted by Crippen LogP contribution is -2.31. The SMILES string of the molecule is CCN1/C(=N/N)SC[C@@H]1C. The summed E-state index contributed by atoms with van der Waals surface area (Å²) in [6.45, 7) is 5.31. The van der Waals surface area contributed by atoms with E-state index in [9.17, 15) is 0 Å². The van der Waals surface area contributed by atoms with Gasteiger partial charge in [0.2, 0.25) is 0 Å². The first kappa shape index (κ1) is 7.72. The first-order valence-electron chi connectivity index (χ1n) is 3.47. The van der Waals surface area contributed by atoms with E-state index in [2.05, 4.69) is 23.8 Å². The van der Waals surface area contributed by atoms with Crippen LogP contribution >= 0.6 is 11.8 Å². The first-order valence-corrected chi connectivity index (χ1v) is 4.45. The lowest BCUT2D eigenvalue weighted by molar-refractivity contribution is 0.388. The zero-order valence-electron chi connectivity index (χ0n) is 6.37. The maximum atomic E-state index is 5.19. The van der Waals surface area contributed by atoms with E-state index in [4.69, 9.17) is 5.84 Å². The number of hydrogen-bond acceptors (Lipinski definition) is 3. The van der Waals surface area contributed by atoms with E-state index in [1.807, 2.05) is 0 Å². The smallest absolute Gasteiger partial charge is 0.183 e. The van der Waals surface area contributed by atoms with Crippen LogP contribution in [0.25, 0.3) is 0 Å². The molecule has 0 unspecified atom stereocenters. The Bertz CT molecular complexity index is 146. The first-order chi connectivity index (χ1) is 4.79. The highest BCUT2D eigenvalue weighted by atomic mass is 32.2. The third-order valence-corrected chi connectivity index (χ3v) is 2.93. The lowest BCUT2D eigenvalue weighted by atomic mass is 10.3. The van der Waals surface area contributed by atoms with E-state index in [0.717, 1.165) is 17.5 Å². The summed E-state index contributed by atoms with van der Waals surface area (Å²) in [6.07, 6.45) is 0. The summed E-state index contributed by atoms with van der Waals surface area (Å²) in [6, 6.07) is 0.595. The highest BCUT2D eigenvalue weighted by molar-refractivity contribution is 8.14. The molecular weight excluding hydrogens is 146 g/mol. The quantitative estimate of drug-likeness (QED) is 0.452. The van der Waals surface area contributed by atoms with Crippen molar-refractivity contribution in [3.8, 4) is 0 Å². The fourth-order valence-electron chi connectivity index (χ4n) is 1.11. The van der Waals surface area contributed by atoms with E-state index in [-0.39, 0.29) is 0 Å². The van der Waals surface area contributed by atoms with Gasteiger partial charge in [-0.2, -0.15) is 5.10 Å². The molecule has 1 saturated heterocycles. The molecule has 1 atom stereocenters. The molecule has 0 aliphatic carbocycles. The van der Waals surface area contributed by atoms with Crippen LogP contribution in [-0.2, 0) is 0 Å². The minimum absolute atomic E-state index is 0.595.